The smallest absolute Gasteiger partial charge is 0.324 e. The van der Waals surface area contributed by atoms with Crippen molar-refractivity contribution in [2.75, 3.05) is 13.7 Å². The van der Waals surface area contributed by atoms with Gasteiger partial charge in [-0.3, -0.25) is 9.59 Å². The van der Waals surface area contributed by atoms with Crippen molar-refractivity contribution in [3.63, 3.8) is 0 Å². The van der Waals surface area contributed by atoms with E-state index in [2.05, 4.69) is 0 Å². The van der Waals surface area contributed by atoms with E-state index in [4.69, 9.17) is 16.3 Å². The summed E-state index contributed by atoms with van der Waals surface area (Å²) >= 11 is 5.91. The van der Waals surface area contributed by atoms with Gasteiger partial charge in [-0.15, -0.1) is 0 Å². The number of carbonyl (C=O) groups is 2. The van der Waals surface area contributed by atoms with E-state index in [1.165, 1.54) is 25.2 Å². The van der Waals surface area contributed by atoms with Gasteiger partial charge in [-0.05, 0) is 43.3 Å². The number of amides is 1. The van der Waals surface area contributed by atoms with Gasteiger partial charge in [-0.2, -0.15) is 0 Å². The van der Waals surface area contributed by atoms with Crippen LogP contribution in [0.5, 0.6) is 0 Å². The molecule has 0 saturated heterocycles. The van der Waals surface area contributed by atoms with Crippen LogP contribution in [0.15, 0.2) is 47.4 Å². The lowest BCUT2D eigenvalue weighted by molar-refractivity contribution is -0.151. The van der Waals surface area contributed by atoms with Gasteiger partial charge < -0.3 is 9.64 Å². The van der Waals surface area contributed by atoms with Crippen molar-refractivity contribution in [1.29, 1.82) is 0 Å². The first kappa shape index (κ1) is 22.8. The lowest BCUT2D eigenvalue weighted by Crippen LogP contribution is -2.35. The maximum atomic E-state index is 13.8. The third kappa shape index (κ3) is 5.51. The van der Waals surface area contributed by atoms with Crippen molar-refractivity contribution < 1.29 is 31.5 Å². The average molecular weight is 446 g/mol. The largest absolute Gasteiger partial charge is 0.455 e. The van der Waals surface area contributed by atoms with Crippen molar-refractivity contribution in [2.45, 2.75) is 23.6 Å². The zero-order valence-corrected chi connectivity index (χ0v) is 17.1. The molecule has 0 aliphatic carbocycles. The van der Waals surface area contributed by atoms with Gasteiger partial charge >= 0.3 is 5.97 Å². The van der Waals surface area contributed by atoms with E-state index in [9.17, 15) is 26.8 Å². The van der Waals surface area contributed by atoms with E-state index in [-0.39, 0.29) is 22.0 Å². The van der Waals surface area contributed by atoms with Crippen LogP contribution in [0.3, 0.4) is 0 Å². The molecule has 0 bridgehead atoms. The SMILES string of the molecule is C[C@@H](C(=O)OCC(=O)N(C)Cc1c(F)cccc1Cl)S(=O)(=O)c1ccc(F)cc1. The minimum Gasteiger partial charge on any atom is -0.455 e. The topological polar surface area (TPSA) is 80.8 Å². The molecule has 29 heavy (non-hydrogen) atoms. The second-order valence-electron chi connectivity index (χ2n) is 6.20. The third-order valence-corrected chi connectivity index (χ3v) is 6.57. The van der Waals surface area contributed by atoms with Crippen molar-refractivity contribution in [2.24, 2.45) is 0 Å². The molecule has 10 heteroatoms. The van der Waals surface area contributed by atoms with Crippen LogP contribution in [-0.2, 0) is 30.7 Å². The molecule has 0 heterocycles. The Hall–Kier alpha value is -2.52. The summed E-state index contributed by atoms with van der Waals surface area (Å²) in [6, 6.07) is 8.07. The van der Waals surface area contributed by atoms with E-state index < -0.39 is 45.2 Å². The summed E-state index contributed by atoms with van der Waals surface area (Å²) in [7, 11) is -2.76. The number of halogens is 3. The minimum atomic E-state index is -4.12. The summed E-state index contributed by atoms with van der Waals surface area (Å²) in [6.07, 6.45) is 0. The predicted molar refractivity (Wildman–Crippen MR) is 102 cm³/mol. The number of ether oxygens (including phenoxy) is 1. The Labute approximate surface area is 171 Å². The van der Waals surface area contributed by atoms with Crippen LogP contribution in [0.4, 0.5) is 8.78 Å². The van der Waals surface area contributed by atoms with Gasteiger partial charge in [0.2, 0.25) is 0 Å². The zero-order chi connectivity index (χ0) is 21.8. The summed E-state index contributed by atoms with van der Waals surface area (Å²) < 4.78 is 56.4. The minimum absolute atomic E-state index is 0.101. The number of rotatable bonds is 7. The number of esters is 1. The molecule has 0 spiro atoms. The molecule has 2 rings (SSSR count). The molecule has 0 aromatic heterocycles. The van der Waals surface area contributed by atoms with Crippen LogP contribution in [0, 0.1) is 11.6 Å². The summed E-state index contributed by atoms with van der Waals surface area (Å²) in [5, 5.41) is -1.47. The highest BCUT2D eigenvalue weighted by Crippen LogP contribution is 2.21. The Morgan fingerprint density at radius 3 is 2.34 bits per heavy atom. The number of benzene rings is 2. The molecule has 1 amide bonds. The first-order valence-electron chi connectivity index (χ1n) is 8.37. The van der Waals surface area contributed by atoms with Crippen LogP contribution in [0.1, 0.15) is 12.5 Å². The fourth-order valence-corrected chi connectivity index (χ4v) is 3.79. The second kappa shape index (κ2) is 9.32. The van der Waals surface area contributed by atoms with Crippen LogP contribution in [0.25, 0.3) is 0 Å². The molecule has 2 aromatic rings. The fraction of sp³-hybridized carbons (Fsp3) is 0.263. The van der Waals surface area contributed by atoms with Crippen LogP contribution in [-0.4, -0.2) is 44.1 Å². The highest BCUT2D eigenvalue weighted by Gasteiger charge is 2.31. The summed E-state index contributed by atoms with van der Waals surface area (Å²) in [4.78, 5) is 25.1. The normalized spacial score (nSPS) is 12.3. The Balaban J connectivity index is 1.98. The quantitative estimate of drug-likeness (QED) is 0.483. The molecule has 0 radical (unpaired) electrons. The van der Waals surface area contributed by atoms with E-state index in [1.54, 1.807) is 0 Å². The van der Waals surface area contributed by atoms with Crippen molar-refractivity contribution >= 4 is 33.3 Å². The van der Waals surface area contributed by atoms with Crippen LogP contribution in [0.2, 0.25) is 5.02 Å². The first-order valence-corrected chi connectivity index (χ1v) is 10.3. The fourth-order valence-electron chi connectivity index (χ4n) is 2.32. The highest BCUT2D eigenvalue weighted by atomic mass is 35.5. The van der Waals surface area contributed by atoms with Crippen molar-refractivity contribution in [3.05, 3.63) is 64.7 Å². The van der Waals surface area contributed by atoms with Gasteiger partial charge in [0.1, 0.15) is 11.6 Å². The second-order valence-corrected chi connectivity index (χ2v) is 8.87. The standard InChI is InChI=1S/C19H18ClF2NO5S/c1-12(29(26,27)14-8-6-13(21)7-9-14)19(25)28-11-18(24)23(2)10-15-16(20)4-3-5-17(15)22/h3-9,12H,10-11H2,1-2H3/t12-/m0/s1. The number of hydrogen-bond acceptors (Lipinski definition) is 5. The zero-order valence-electron chi connectivity index (χ0n) is 15.6. The maximum Gasteiger partial charge on any atom is 0.324 e. The molecule has 0 unspecified atom stereocenters. The molecule has 2 aromatic carbocycles. The first-order chi connectivity index (χ1) is 13.5. The number of carbonyl (C=O) groups excluding carboxylic acids is 2. The average Bonchev–Trinajstić information content (AvgIpc) is 2.68. The molecule has 0 fully saturated rings. The number of nitrogens with zero attached hydrogens (tertiary/aromatic N) is 1. The predicted octanol–water partition coefficient (Wildman–Crippen LogP) is 2.98. The Kier molecular flexibility index (Phi) is 7.32. The van der Waals surface area contributed by atoms with Crippen molar-refractivity contribution in [1.82, 2.24) is 4.90 Å². The molecule has 0 saturated carbocycles. The van der Waals surface area contributed by atoms with Crippen LogP contribution < -0.4 is 0 Å². The van der Waals surface area contributed by atoms with Gasteiger partial charge in [0.15, 0.2) is 21.7 Å². The van der Waals surface area contributed by atoms with Gasteiger partial charge in [0, 0.05) is 24.2 Å². The van der Waals surface area contributed by atoms with E-state index in [1.807, 2.05) is 0 Å². The molecule has 156 valence electrons. The lowest BCUT2D eigenvalue weighted by atomic mass is 10.2. The van der Waals surface area contributed by atoms with Gasteiger partial charge in [-0.25, -0.2) is 17.2 Å². The van der Waals surface area contributed by atoms with E-state index in [0.29, 0.717) is 0 Å². The summed E-state index contributed by atoms with van der Waals surface area (Å²) in [6.45, 7) is 0.213. The lowest BCUT2D eigenvalue weighted by Gasteiger charge is -2.19. The molecule has 0 aliphatic rings. The van der Waals surface area contributed by atoms with E-state index >= 15 is 0 Å². The number of hydrogen-bond donors (Lipinski definition) is 0. The summed E-state index contributed by atoms with van der Waals surface area (Å²) in [5.41, 5.74) is 0.101. The maximum absolute atomic E-state index is 13.8. The van der Waals surface area contributed by atoms with E-state index in [0.717, 1.165) is 36.1 Å². The monoisotopic (exact) mass is 445 g/mol. The Morgan fingerprint density at radius 2 is 1.76 bits per heavy atom. The van der Waals surface area contributed by atoms with Gasteiger partial charge in [0.25, 0.3) is 5.91 Å². The van der Waals surface area contributed by atoms with Crippen molar-refractivity contribution in [3.8, 4) is 0 Å². The highest BCUT2D eigenvalue weighted by molar-refractivity contribution is 7.92. The molecular formula is C19H18ClF2NO5S. The molecule has 6 nitrogen and oxygen atoms in total. The Bertz CT molecular complexity index is 992. The molecule has 0 aliphatic heterocycles. The summed E-state index contributed by atoms with van der Waals surface area (Å²) in [5.74, 6) is -3.03. The van der Waals surface area contributed by atoms with Gasteiger partial charge in [0.05, 0.1) is 4.90 Å². The number of sulfone groups is 1. The van der Waals surface area contributed by atoms with Crippen LogP contribution >= 0.6 is 11.6 Å². The molecule has 0 N–H and O–H groups in total. The molecular weight excluding hydrogens is 428 g/mol. The Morgan fingerprint density at radius 1 is 1.14 bits per heavy atom. The third-order valence-electron chi connectivity index (χ3n) is 4.16. The molecule has 1 atom stereocenters. The number of likely N-dealkylation sites (N-methyl/N-ethyl adjacent to an activating group) is 1. The van der Waals surface area contributed by atoms with Gasteiger partial charge in [-0.1, -0.05) is 17.7 Å².